The highest BCUT2D eigenvalue weighted by Crippen LogP contribution is 2.27. The molecule has 1 saturated carbocycles. The molecule has 0 radical (unpaired) electrons. The van der Waals surface area contributed by atoms with Crippen molar-refractivity contribution in [2.75, 3.05) is 0 Å². The first-order valence-electron chi connectivity index (χ1n) is 7.26. The SMILES string of the molecule is CC(NC(=O)C1CCC(C(=O)O)O1)C1CCCCC1. The summed E-state index contributed by atoms with van der Waals surface area (Å²) in [7, 11) is 0. The molecule has 2 rings (SSSR count). The number of amides is 1. The number of hydrogen-bond donors (Lipinski definition) is 2. The van der Waals surface area contributed by atoms with Gasteiger partial charge in [0.15, 0.2) is 6.10 Å². The number of carboxylic acids is 1. The molecular weight excluding hydrogens is 246 g/mol. The van der Waals surface area contributed by atoms with E-state index in [1.165, 1.54) is 32.1 Å². The zero-order valence-corrected chi connectivity index (χ0v) is 11.4. The van der Waals surface area contributed by atoms with Gasteiger partial charge in [-0.25, -0.2) is 4.79 Å². The molecule has 1 aliphatic heterocycles. The molecule has 108 valence electrons. The number of carbonyl (C=O) groups excluding carboxylic acids is 1. The fourth-order valence-electron chi connectivity index (χ4n) is 3.08. The fraction of sp³-hybridized carbons (Fsp3) is 0.857. The summed E-state index contributed by atoms with van der Waals surface area (Å²) in [6, 6.07) is 0.153. The maximum atomic E-state index is 12.0. The second-order valence-electron chi connectivity index (χ2n) is 5.72. The molecule has 3 atom stereocenters. The molecule has 0 spiro atoms. The molecule has 5 nitrogen and oxygen atoms in total. The highest BCUT2D eigenvalue weighted by atomic mass is 16.5. The Morgan fingerprint density at radius 3 is 2.32 bits per heavy atom. The van der Waals surface area contributed by atoms with Crippen molar-refractivity contribution in [2.45, 2.75) is 70.1 Å². The van der Waals surface area contributed by atoms with E-state index in [2.05, 4.69) is 5.32 Å². The van der Waals surface area contributed by atoms with Crippen molar-refractivity contribution >= 4 is 11.9 Å². The van der Waals surface area contributed by atoms with Gasteiger partial charge in [0, 0.05) is 6.04 Å². The van der Waals surface area contributed by atoms with Crippen LogP contribution in [0.2, 0.25) is 0 Å². The summed E-state index contributed by atoms with van der Waals surface area (Å²) >= 11 is 0. The second-order valence-corrected chi connectivity index (χ2v) is 5.72. The molecule has 0 aromatic heterocycles. The molecule has 19 heavy (non-hydrogen) atoms. The molecule has 1 saturated heterocycles. The first-order valence-corrected chi connectivity index (χ1v) is 7.26. The van der Waals surface area contributed by atoms with E-state index in [0.717, 1.165) is 0 Å². The summed E-state index contributed by atoms with van der Waals surface area (Å²) in [5.74, 6) is -0.577. The molecule has 1 aliphatic carbocycles. The monoisotopic (exact) mass is 269 g/mol. The van der Waals surface area contributed by atoms with E-state index in [-0.39, 0.29) is 11.9 Å². The number of nitrogens with one attached hydrogen (secondary N) is 1. The lowest BCUT2D eigenvalue weighted by Gasteiger charge is -2.29. The van der Waals surface area contributed by atoms with Crippen LogP contribution in [0.1, 0.15) is 51.9 Å². The van der Waals surface area contributed by atoms with E-state index in [1.54, 1.807) is 0 Å². The minimum absolute atomic E-state index is 0.151. The molecule has 3 unspecified atom stereocenters. The topological polar surface area (TPSA) is 75.6 Å². The van der Waals surface area contributed by atoms with E-state index in [4.69, 9.17) is 9.84 Å². The predicted octanol–water partition coefficient (Wildman–Crippen LogP) is 1.70. The van der Waals surface area contributed by atoms with Crippen LogP contribution in [0, 0.1) is 5.92 Å². The van der Waals surface area contributed by atoms with E-state index in [1.807, 2.05) is 6.92 Å². The van der Waals surface area contributed by atoms with Crippen LogP contribution in [-0.2, 0) is 14.3 Å². The van der Waals surface area contributed by atoms with Crippen molar-refractivity contribution in [3.63, 3.8) is 0 Å². The maximum absolute atomic E-state index is 12.0. The lowest BCUT2D eigenvalue weighted by atomic mass is 9.84. The van der Waals surface area contributed by atoms with Gasteiger partial charge >= 0.3 is 5.97 Å². The minimum Gasteiger partial charge on any atom is -0.479 e. The van der Waals surface area contributed by atoms with Crippen molar-refractivity contribution in [3.05, 3.63) is 0 Å². The Balaban J connectivity index is 1.79. The zero-order valence-electron chi connectivity index (χ0n) is 11.4. The van der Waals surface area contributed by atoms with E-state index >= 15 is 0 Å². The van der Waals surface area contributed by atoms with Crippen LogP contribution in [0.3, 0.4) is 0 Å². The summed E-state index contributed by atoms with van der Waals surface area (Å²) in [6.45, 7) is 2.04. The van der Waals surface area contributed by atoms with Gasteiger partial charge in [0.1, 0.15) is 6.10 Å². The standard InChI is InChI=1S/C14H23NO4/c1-9(10-5-3-2-4-6-10)15-13(16)11-7-8-12(19-11)14(17)18/h9-12H,2-8H2,1H3,(H,15,16)(H,17,18). The smallest absolute Gasteiger partial charge is 0.332 e. The summed E-state index contributed by atoms with van der Waals surface area (Å²) < 4.78 is 5.26. The van der Waals surface area contributed by atoms with Crippen LogP contribution in [0.5, 0.6) is 0 Å². The van der Waals surface area contributed by atoms with Gasteiger partial charge in [-0.3, -0.25) is 4.79 Å². The Bertz CT molecular complexity index is 338. The van der Waals surface area contributed by atoms with E-state index in [0.29, 0.717) is 18.8 Å². The third kappa shape index (κ3) is 3.69. The van der Waals surface area contributed by atoms with Gasteiger partial charge in [-0.2, -0.15) is 0 Å². The molecular formula is C14H23NO4. The molecule has 0 bridgehead atoms. The van der Waals surface area contributed by atoms with Gasteiger partial charge in [-0.1, -0.05) is 19.3 Å². The van der Waals surface area contributed by atoms with Gasteiger partial charge in [-0.15, -0.1) is 0 Å². The van der Waals surface area contributed by atoms with Gasteiger partial charge in [0.2, 0.25) is 5.91 Å². The van der Waals surface area contributed by atoms with Crippen LogP contribution < -0.4 is 5.32 Å². The van der Waals surface area contributed by atoms with Crippen molar-refractivity contribution in [3.8, 4) is 0 Å². The summed E-state index contributed by atoms with van der Waals surface area (Å²) in [6.07, 6.45) is 5.63. The molecule has 2 N–H and O–H groups in total. The Morgan fingerprint density at radius 2 is 1.74 bits per heavy atom. The highest BCUT2D eigenvalue weighted by Gasteiger charge is 2.35. The Labute approximate surface area is 113 Å². The average Bonchev–Trinajstić information content (AvgIpc) is 2.89. The van der Waals surface area contributed by atoms with Crippen LogP contribution in [0.4, 0.5) is 0 Å². The number of carboxylic acid groups (broad SMARTS) is 1. The first kappa shape index (κ1) is 14.3. The van der Waals surface area contributed by atoms with E-state index < -0.39 is 18.2 Å². The number of hydrogen-bond acceptors (Lipinski definition) is 3. The fourth-order valence-corrected chi connectivity index (χ4v) is 3.08. The molecule has 1 amide bonds. The third-order valence-electron chi connectivity index (χ3n) is 4.31. The number of carbonyl (C=O) groups is 2. The summed E-state index contributed by atoms with van der Waals surface area (Å²) in [4.78, 5) is 22.8. The largest absolute Gasteiger partial charge is 0.479 e. The highest BCUT2D eigenvalue weighted by molar-refractivity contribution is 5.82. The van der Waals surface area contributed by atoms with Crippen LogP contribution in [0.15, 0.2) is 0 Å². The summed E-state index contributed by atoms with van der Waals surface area (Å²) in [5, 5.41) is 11.8. The number of aliphatic carboxylic acids is 1. The van der Waals surface area contributed by atoms with Gasteiger partial charge in [-0.05, 0) is 38.5 Å². The Morgan fingerprint density at radius 1 is 1.11 bits per heavy atom. The maximum Gasteiger partial charge on any atom is 0.332 e. The second kappa shape index (κ2) is 6.37. The Hall–Kier alpha value is -1.10. The first-order chi connectivity index (χ1) is 9.08. The molecule has 0 aromatic rings. The molecule has 5 heteroatoms. The molecule has 1 heterocycles. The van der Waals surface area contributed by atoms with Crippen LogP contribution >= 0.6 is 0 Å². The zero-order chi connectivity index (χ0) is 13.8. The van der Waals surface area contributed by atoms with Crippen molar-refractivity contribution < 1.29 is 19.4 Å². The molecule has 0 aromatic carbocycles. The molecule has 2 aliphatic rings. The quantitative estimate of drug-likeness (QED) is 0.814. The Kier molecular flexibility index (Phi) is 4.80. The summed E-state index contributed by atoms with van der Waals surface area (Å²) in [5.41, 5.74) is 0. The van der Waals surface area contributed by atoms with E-state index in [9.17, 15) is 9.59 Å². The minimum atomic E-state index is -0.976. The average molecular weight is 269 g/mol. The van der Waals surface area contributed by atoms with Crippen LogP contribution in [-0.4, -0.2) is 35.2 Å². The lowest BCUT2D eigenvalue weighted by Crippen LogP contribution is -2.44. The van der Waals surface area contributed by atoms with Crippen molar-refractivity contribution in [1.29, 1.82) is 0 Å². The predicted molar refractivity (Wildman–Crippen MR) is 69.7 cm³/mol. The normalized spacial score (nSPS) is 29.9. The van der Waals surface area contributed by atoms with Gasteiger partial charge in [0.25, 0.3) is 0 Å². The molecule has 2 fully saturated rings. The number of ether oxygens (including phenoxy) is 1. The van der Waals surface area contributed by atoms with Crippen molar-refractivity contribution in [1.82, 2.24) is 5.32 Å². The van der Waals surface area contributed by atoms with Crippen LogP contribution in [0.25, 0.3) is 0 Å². The third-order valence-corrected chi connectivity index (χ3v) is 4.31. The van der Waals surface area contributed by atoms with Gasteiger partial charge < -0.3 is 15.2 Å². The number of rotatable bonds is 4. The lowest BCUT2D eigenvalue weighted by molar-refractivity contribution is -0.152. The van der Waals surface area contributed by atoms with Crippen molar-refractivity contribution in [2.24, 2.45) is 5.92 Å². The van der Waals surface area contributed by atoms with Gasteiger partial charge in [0.05, 0.1) is 0 Å².